The van der Waals surface area contributed by atoms with Gasteiger partial charge in [-0.15, -0.1) is 11.8 Å². The molecule has 0 bridgehead atoms. The van der Waals surface area contributed by atoms with Crippen molar-refractivity contribution in [3.8, 4) is 0 Å². The zero-order valence-corrected chi connectivity index (χ0v) is 7.16. The van der Waals surface area contributed by atoms with Crippen molar-refractivity contribution >= 4 is 24.4 Å². The van der Waals surface area contributed by atoms with Crippen molar-refractivity contribution in [2.75, 3.05) is 0 Å². The monoisotopic (exact) mass is 164 g/mol. The Morgan fingerprint density at radius 3 is 2.56 bits per heavy atom. The van der Waals surface area contributed by atoms with Gasteiger partial charge in [0.15, 0.2) is 0 Å². The van der Waals surface area contributed by atoms with Crippen molar-refractivity contribution in [2.24, 2.45) is 0 Å². The van der Waals surface area contributed by atoms with E-state index in [2.05, 4.69) is 12.6 Å². The van der Waals surface area contributed by atoms with E-state index in [0.29, 0.717) is 0 Å². The lowest BCUT2D eigenvalue weighted by Crippen LogP contribution is -2.13. The van der Waals surface area contributed by atoms with Crippen LogP contribution in [-0.2, 0) is 0 Å². The normalized spacial score (nSPS) is 25.7. The highest BCUT2D eigenvalue weighted by molar-refractivity contribution is 8.11. The minimum atomic E-state index is -0.279. The SMILES string of the molecule is CC(O)C(S)SC1CC1. The van der Waals surface area contributed by atoms with E-state index in [4.69, 9.17) is 5.11 Å². The molecule has 3 heteroatoms. The lowest BCUT2D eigenvalue weighted by molar-refractivity contribution is 0.213. The molecule has 1 aliphatic carbocycles. The molecular weight excluding hydrogens is 152 g/mol. The van der Waals surface area contributed by atoms with E-state index in [9.17, 15) is 0 Å². The Bertz CT molecular complexity index is 91.1. The number of hydrogen-bond acceptors (Lipinski definition) is 3. The maximum absolute atomic E-state index is 9.00. The topological polar surface area (TPSA) is 20.2 Å². The lowest BCUT2D eigenvalue weighted by atomic mass is 10.5. The Morgan fingerprint density at radius 1 is 1.67 bits per heavy atom. The second kappa shape index (κ2) is 3.17. The van der Waals surface area contributed by atoms with E-state index in [1.807, 2.05) is 0 Å². The van der Waals surface area contributed by atoms with Gasteiger partial charge in [-0.1, -0.05) is 0 Å². The fraction of sp³-hybridized carbons (Fsp3) is 1.00. The molecule has 9 heavy (non-hydrogen) atoms. The van der Waals surface area contributed by atoms with E-state index < -0.39 is 0 Å². The number of aliphatic hydroxyl groups excluding tert-OH is 1. The molecule has 0 aliphatic heterocycles. The van der Waals surface area contributed by atoms with E-state index in [1.165, 1.54) is 12.8 Å². The molecule has 1 aliphatic rings. The molecule has 0 aromatic carbocycles. The zero-order chi connectivity index (χ0) is 6.85. The van der Waals surface area contributed by atoms with Crippen molar-refractivity contribution in [3.63, 3.8) is 0 Å². The first-order valence-electron chi connectivity index (χ1n) is 3.21. The van der Waals surface area contributed by atoms with Crippen LogP contribution >= 0.6 is 24.4 Å². The molecule has 0 saturated heterocycles. The van der Waals surface area contributed by atoms with Crippen LogP contribution in [0.25, 0.3) is 0 Å². The fourth-order valence-electron chi connectivity index (χ4n) is 0.515. The molecule has 0 heterocycles. The second-order valence-corrected chi connectivity index (χ2v) is 4.82. The first-order valence-corrected chi connectivity index (χ1v) is 4.67. The maximum Gasteiger partial charge on any atom is 0.0731 e. The summed E-state index contributed by atoms with van der Waals surface area (Å²) in [6.07, 6.45) is 2.35. The highest BCUT2D eigenvalue weighted by Crippen LogP contribution is 2.38. The summed E-state index contributed by atoms with van der Waals surface area (Å²) in [4.78, 5) is 0. The molecule has 0 radical (unpaired) electrons. The van der Waals surface area contributed by atoms with Gasteiger partial charge in [0, 0.05) is 5.25 Å². The second-order valence-electron chi connectivity index (χ2n) is 2.47. The van der Waals surface area contributed by atoms with Crippen LogP contribution in [0, 0.1) is 0 Å². The van der Waals surface area contributed by atoms with Gasteiger partial charge in [0.05, 0.1) is 10.7 Å². The Morgan fingerprint density at radius 2 is 2.22 bits per heavy atom. The minimum absolute atomic E-state index is 0.123. The molecular formula is C6H12OS2. The molecule has 0 aromatic rings. The van der Waals surface area contributed by atoms with Gasteiger partial charge < -0.3 is 5.11 Å². The quantitative estimate of drug-likeness (QED) is 0.487. The van der Waals surface area contributed by atoms with Crippen molar-refractivity contribution in [1.82, 2.24) is 0 Å². The molecule has 1 rings (SSSR count). The summed E-state index contributed by atoms with van der Waals surface area (Å²) in [7, 11) is 0. The molecule has 0 amide bonds. The Kier molecular flexibility index (Phi) is 2.73. The average molecular weight is 164 g/mol. The molecule has 1 saturated carbocycles. The summed E-state index contributed by atoms with van der Waals surface area (Å²) >= 11 is 6.01. The minimum Gasteiger partial charge on any atom is -0.391 e. The highest BCUT2D eigenvalue weighted by Gasteiger charge is 2.26. The molecule has 0 spiro atoms. The standard InChI is InChI=1S/C6H12OS2/c1-4(7)6(8)9-5-2-3-5/h4-8H,2-3H2,1H3. The molecule has 1 N–H and O–H groups in total. The predicted octanol–water partition coefficient (Wildman–Crippen LogP) is 1.52. The summed E-state index contributed by atoms with van der Waals surface area (Å²) < 4.78 is 0.123. The van der Waals surface area contributed by atoms with Gasteiger partial charge in [0.1, 0.15) is 0 Å². The van der Waals surface area contributed by atoms with Crippen LogP contribution in [0.1, 0.15) is 19.8 Å². The van der Waals surface area contributed by atoms with Crippen molar-refractivity contribution < 1.29 is 5.11 Å². The summed E-state index contributed by atoms with van der Waals surface area (Å²) in [5, 5.41) is 9.79. The van der Waals surface area contributed by atoms with Crippen LogP contribution < -0.4 is 0 Å². The zero-order valence-electron chi connectivity index (χ0n) is 5.45. The van der Waals surface area contributed by atoms with E-state index >= 15 is 0 Å². The third kappa shape index (κ3) is 2.83. The number of rotatable bonds is 3. The molecule has 1 fully saturated rings. The van der Waals surface area contributed by atoms with Crippen molar-refractivity contribution in [1.29, 1.82) is 0 Å². The molecule has 2 unspecified atom stereocenters. The van der Waals surface area contributed by atoms with Gasteiger partial charge in [-0.25, -0.2) is 0 Å². The number of hydrogen-bond donors (Lipinski definition) is 2. The highest BCUT2D eigenvalue weighted by atomic mass is 32.2. The van der Waals surface area contributed by atoms with Crippen LogP contribution in [0.3, 0.4) is 0 Å². The number of aliphatic hydroxyl groups is 1. The molecule has 54 valence electrons. The molecule has 2 atom stereocenters. The summed E-state index contributed by atoms with van der Waals surface area (Å²) in [6.45, 7) is 1.78. The first kappa shape index (κ1) is 7.76. The largest absolute Gasteiger partial charge is 0.391 e. The van der Waals surface area contributed by atoms with Crippen molar-refractivity contribution in [3.05, 3.63) is 0 Å². The Balaban J connectivity index is 2.09. The molecule has 1 nitrogen and oxygen atoms in total. The van der Waals surface area contributed by atoms with Crippen LogP contribution in [0.2, 0.25) is 0 Å². The van der Waals surface area contributed by atoms with Crippen LogP contribution in [0.15, 0.2) is 0 Å². The van der Waals surface area contributed by atoms with E-state index in [-0.39, 0.29) is 10.7 Å². The first-order chi connectivity index (χ1) is 4.20. The summed E-state index contributed by atoms with van der Waals surface area (Å²) in [5.74, 6) is 0. The lowest BCUT2D eigenvalue weighted by Gasteiger charge is -2.11. The number of thiol groups is 1. The third-order valence-corrected chi connectivity index (χ3v) is 3.59. The Hall–Kier alpha value is 0.660. The molecule has 0 aromatic heterocycles. The predicted molar refractivity (Wildman–Crippen MR) is 45.1 cm³/mol. The van der Waals surface area contributed by atoms with E-state index in [1.54, 1.807) is 18.7 Å². The van der Waals surface area contributed by atoms with Gasteiger partial charge >= 0.3 is 0 Å². The average Bonchev–Trinajstić information content (AvgIpc) is 2.50. The van der Waals surface area contributed by atoms with Crippen LogP contribution in [0.4, 0.5) is 0 Å². The third-order valence-electron chi connectivity index (χ3n) is 1.27. The van der Waals surface area contributed by atoms with Crippen molar-refractivity contribution in [2.45, 2.75) is 35.7 Å². The summed E-state index contributed by atoms with van der Waals surface area (Å²) in [5.41, 5.74) is 0. The smallest absolute Gasteiger partial charge is 0.0731 e. The van der Waals surface area contributed by atoms with Crippen LogP contribution in [-0.4, -0.2) is 21.0 Å². The van der Waals surface area contributed by atoms with Gasteiger partial charge in [0.25, 0.3) is 0 Å². The van der Waals surface area contributed by atoms with E-state index in [0.717, 1.165) is 5.25 Å². The van der Waals surface area contributed by atoms with Gasteiger partial charge in [-0.3, -0.25) is 0 Å². The van der Waals surface area contributed by atoms with Gasteiger partial charge in [0.2, 0.25) is 0 Å². The van der Waals surface area contributed by atoms with Gasteiger partial charge in [-0.05, 0) is 19.8 Å². The van der Waals surface area contributed by atoms with Gasteiger partial charge in [-0.2, -0.15) is 12.6 Å². The summed E-state index contributed by atoms with van der Waals surface area (Å²) in [6, 6.07) is 0. The number of thioether (sulfide) groups is 1. The van der Waals surface area contributed by atoms with Crippen LogP contribution in [0.5, 0.6) is 0 Å². The Labute approximate surface area is 65.6 Å². The fourth-order valence-corrected chi connectivity index (χ4v) is 2.06. The maximum atomic E-state index is 9.00.